The molecule has 4 heterocycles. The van der Waals surface area contributed by atoms with Gasteiger partial charge in [-0.3, -0.25) is 9.59 Å². The number of ketones is 2. The summed E-state index contributed by atoms with van der Waals surface area (Å²) in [4.78, 5) is 24.4. The average Bonchev–Trinajstić information content (AvgIpc) is 3.91. The normalized spacial score (nSPS) is 53.9. The summed E-state index contributed by atoms with van der Waals surface area (Å²) in [5.41, 5.74) is 7.57. The summed E-state index contributed by atoms with van der Waals surface area (Å²) in [5, 5.41) is 16.2. The number of Topliss-reactive ketones (excluding diaryl/α,β-unsaturated/α-hetero) is 2. The molecule has 0 aromatic heterocycles. The Morgan fingerprint density at radius 1 is 0.635 bits per heavy atom. The number of allylic oxidation sites excluding steroid dienone is 2. The number of nitrogens with zero attached hydrogens (tertiary/aromatic N) is 1. The number of carbonyl (C=O) groups is 2. The summed E-state index contributed by atoms with van der Waals surface area (Å²) in [5.74, 6) is 9.26. The van der Waals surface area contributed by atoms with Crippen LogP contribution in [0.15, 0.2) is 22.3 Å². The van der Waals surface area contributed by atoms with Gasteiger partial charge < -0.3 is 20.0 Å². The topological polar surface area (TPSA) is 88.1 Å². The van der Waals surface area contributed by atoms with Crippen LogP contribution in [0.5, 0.6) is 0 Å². The molecule has 350 valence electrons. The van der Waals surface area contributed by atoms with Crippen LogP contribution in [0.1, 0.15) is 184 Å². The second-order valence-corrected chi connectivity index (χ2v) is 26.0. The Kier molecular flexibility index (Phi) is 11.1. The number of hydrogen-bond donors (Lipinski definition) is 2. The Morgan fingerprint density at radius 2 is 1.14 bits per heavy atom. The van der Waals surface area contributed by atoms with E-state index >= 15 is 0 Å². The molecule has 4 saturated heterocycles. The van der Waals surface area contributed by atoms with Crippen molar-refractivity contribution in [2.75, 3.05) is 13.1 Å². The first-order valence-electron chi connectivity index (χ1n) is 27.0. The molecule has 20 atom stereocenters. The van der Waals surface area contributed by atoms with Gasteiger partial charge in [0.25, 0.3) is 0 Å². The van der Waals surface area contributed by atoms with Crippen molar-refractivity contribution in [2.24, 2.45) is 81.8 Å². The highest BCUT2D eigenvalue weighted by atomic mass is 16.5. The SMILES string of the molecule is CC1=C2C[C@H]3[C@@H](CC[C@@H]4CC(=O)CC[C@@]43C)[C@@H]2CC[C@@]2(C1)O[C@@H]1C[C@H](C)CN(O)[C@H]1[C@H]2C.CC1=C2C[C@H]3[C@@H](CC[C@@H]4CC(=O)CC[C@@]43C)[C@@H]2CC[C@@]2(C1)O[C@@H]1C[C@H](C)CN[C@H]1[C@H]2C. The predicted octanol–water partition coefficient (Wildman–Crippen LogP) is 11.5. The van der Waals surface area contributed by atoms with Crippen LogP contribution < -0.4 is 5.32 Å². The first-order chi connectivity index (χ1) is 30.0. The van der Waals surface area contributed by atoms with Gasteiger partial charge in [-0.1, -0.05) is 63.8 Å². The van der Waals surface area contributed by atoms with Gasteiger partial charge in [-0.25, -0.2) is 0 Å². The van der Waals surface area contributed by atoms with Crippen molar-refractivity contribution in [2.45, 2.75) is 219 Å². The fourth-order valence-electron chi connectivity index (χ4n) is 19.4. The summed E-state index contributed by atoms with van der Waals surface area (Å²) >= 11 is 0. The van der Waals surface area contributed by atoms with Gasteiger partial charge in [-0.15, -0.1) is 0 Å². The standard InChI is InChI=1S/C28H43NO3.C28H43NO2/c1-16-11-25-26(29(31)15-16)18(3)28(32-25)10-8-21-22-6-5-19-12-20(30)7-9-27(19,4)24(22)13-23(21)17(2)14-28;1-16-11-25-26(29-15-16)18(3)28(31-25)10-8-21-22-6-5-19-12-20(30)7-9-27(19,4)24(22)13-23(21)17(2)14-28/h16,18-19,21-22,24-26,31H,5-15H2,1-4H3;16,18-19,21-22,24-26,29H,5-15H2,1-4H3/t2*16-,18+,19+,21-,22-,24-,25+,26-,27-,28-/m00/s1. The molecule has 63 heavy (non-hydrogen) atoms. The molecule has 4 aliphatic heterocycles. The van der Waals surface area contributed by atoms with E-state index in [-0.39, 0.29) is 23.3 Å². The van der Waals surface area contributed by atoms with Crippen LogP contribution >= 0.6 is 0 Å². The average molecular weight is 867 g/mol. The molecule has 0 bridgehead atoms. The van der Waals surface area contributed by atoms with Crippen LogP contribution in [-0.4, -0.2) is 70.4 Å². The minimum absolute atomic E-state index is 0.0572. The van der Waals surface area contributed by atoms with E-state index < -0.39 is 0 Å². The van der Waals surface area contributed by atoms with E-state index in [0.29, 0.717) is 64.1 Å². The quantitative estimate of drug-likeness (QED) is 0.235. The van der Waals surface area contributed by atoms with E-state index in [1.807, 2.05) is 5.57 Å². The molecule has 12 rings (SSSR count). The lowest BCUT2D eigenvalue weighted by Gasteiger charge is -2.52. The summed E-state index contributed by atoms with van der Waals surface area (Å²) < 4.78 is 14.0. The number of hydrogen-bond acceptors (Lipinski definition) is 7. The molecule has 0 aromatic carbocycles. The third-order valence-electron chi connectivity index (χ3n) is 23.0. The summed E-state index contributed by atoms with van der Waals surface area (Å²) in [7, 11) is 0. The van der Waals surface area contributed by atoms with Crippen LogP contribution in [0.4, 0.5) is 0 Å². The third-order valence-corrected chi connectivity index (χ3v) is 23.0. The third kappa shape index (κ3) is 6.91. The van der Waals surface area contributed by atoms with E-state index in [1.165, 1.54) is 64.2 Å². The second-order valence-electron chi connectivity index (χ2n) is 26.0. The zero-order valence-corrected chi connectivity index (χ0v) is 40.8. The molecule has 12 aliphatic rings. The number of nitrogens with one attached hydrogen (secondary N) is 1. The minimum Gasteiger partial charge on any atom is -0.369 e. The Hall–Kier alpha value is -1.38. The number of piperidine rings is 2. The van der Waals surface area contributed by atoms with E-state index in [2.05, 4.69) is 60.7 Å². The minimum atomic E-state index is -0.102. The zero-order chi connectivity index (χ0) is 44.0. The van der Waals surface area contributed by atoms with Crippen molar-refractivity contribution in [3.8, 4) is 0 Å². The summed E-state index contributed by atoms with van der Waals surface area (Å²) in [6, 6.07) is 0.706. The summed E-state index contributed by atoms with van der Waals surface area (Å²) in [6.07, 6.45) is 23.5. The number of ether oxygens (including phenoxy) is 2. The number of rotatable bonds is 0. The van der Waals surface area contributed by atoms with Crippen molar-refractivity contribution in [3.63, 3.8) is 0 Å². The zero-order valence-electron chi connectivity index (χ0n) is 40.8. The molecule has 10 fully saturated rings. The Morgan fingerprint density at radius 3 is 1.70 bits per heavy atom. The Bertz CT molecular complexity index is 1910. The lowest BCUT2D eigenvalue weighted by atomic mass is 9.52. The fourth-order valence-corrected chi connectivity index (χ4v) is 19.4. The predicted molar refractivity (Wildman–Crippen MR) is 248 cm³/mol. The maximum atomic E-state index is 12.2. The van der Waals surface area contributed by atoms with E-state index in [0.717, 1.165) is 119 Å². The molecule has 0 amide bonds. The van der Waals surface area contributed by atoms with Crippen LogP contribution in [0.25, 0.3) is 0 Å². The van der Waals surface area contributed by atoms with Gasteiger partial charge in [0.2, 0.25) is 0 Å². The number of carbonyl (C=O) groups excluding carboxylic acids is 2. The molecular weight excluding hydrogens is 781 g/mol. The van der Waals surface area contributed by atoms with Gasteiger partial charge in [0, 0.05) is 50.1 Å². The molecule has 0 aromatic rings. The highest BCUT2D eigenvalue weighted by Crippen LogP contribution is 2.67. The van der Waals surface area contributed by atoms with E-state index in [1.54, 1.807) is 21.8 Å². The van der Waals surface area contributed by atoms with Crippen molar-refractivity contribution >= 4 is 11.6 Å². The largest absolute Gasteiger partial charge is 0.369 e. The van der Waals surface area contributed by atoms with E-state index in [4.69, 9.17) is 9.47 Å². The van der Waals surface area contributed by atoms with Crippen molar-refractivity contribution in [1.29, 1.82) is 0 Å². The monoisotopic (exact) mass is 867 g/mol. The molecule has 0 radical (unpaired) electrons. The number of fused-ring (bicyclic) bond motifs is 12. The smallest absolute Gasteiger partial charge is 0.133 e. The molecular formula is C56H86N2O5. The van der Waals surface area contributed by atoms with Gasteiger partial charge in [-0.2, -0.15) is 5.06 Å². The van der Waals surface area contributed by atoms with Gasteiger partial charge in [0.15, 0.2) is 0 Å². The lowest BCUT2D eigenvalue weighted by Crippen LogP contribution is -2.50. The van der Waals surface area contributed by atoms with Crippen LogP contribution in [-0.2, 0) is 19.1 Å². The second kappa shape index (κ2) is 15.8. The van der Waals surface area contributed by atoms with E-state index in [9.17, 15) is 14.8 Å². The highest BCUT2D eigenvalue weighted by molar-refractivity contribution is 5.80. The Balaban J connectivity index is 0.000000141. The molecule has 2 N–H and O–H groups in total. The molecule has 6 saturated carbocycles. The van der Waals surface area contributed by atoms with Crippen molar-refractivity contribution < 1.29 is 24.3 Å². The Labute approximate surface area is 381 Å². The van der Waals surface area contributed by atoms with Crippen molar-refractivity contribution in [3.05, 3.63) is 22.3 Å². The molecule has 7 heteroatoms. The molecule has 7 nitrogen and oxygen atoms in total. The van der Waals surface area contributed by atoms with Gasteiger partial charge >= 0.3 is 0 Å². The van der Waals surface area contributed by atoms with Crippen LogP contribution in [0, 0.1) is 81.8 Å². The lowest BCUT2D eigenvalue weighted by molar-refractivity contribution is -0.178. The number of hydroxylamine groups is 2. The maximum absolute atomic E-state index is 12.2. The van der Waals surface area contributed by atoms with Gasteiger partial charge in [0.1, 0.15) is 11.6 Å². The molecule has 0 unspecified atom stereocenters. The van der Waals surface area contributed by atoms with Gasteiger partial charge in [-0.05, 0) is 193 Å². The highest BCUT2D eigenvalue weighted by Gasteiger charge is 2.62. The maximum Gasteiger partial charge on any atom is 0.133 e. The van der Waals surface area contributed by atoms with Crippen LogP contribution in [0.2, 0.25) is 0 Å². The van der Waals surface area contributed by atoms with Crippen LogP contribution in [0.3, 0.4) is 0 Å². The molecule has 2 spiro atoms. The molecule has 8 aliphatic carbocycles. The van der Waals surface area contributed by atoms with Crippen molar-refractivity contribution in [1.82, 2.24) is 10.4 Å². The van der Waals surface area contributed by atoms with Gasteiger partial charge in [0.05, 0.1) is 29.5 Å². The fraction of sp³-hybridized carbons (Fsp3) is 0.893. The first-order valence-corrected chi connectivity index (χ1v) is 27.0. The summed E-state index contributed by atoms with van der Waals surface area (Å²) in [6.45, 7) is 21.3. The first kappa shape index (κ1) is 44.1.